The average Bonchev–Trinajstić information content (AvgIpc) is 2.95. The minimum Gasteiger partial charge on any atom is -0.475 e. The van der Waals surface area contributed by atoms with E-state index in [1.165, 1.54) is 11.3 Å². The zero-order chi connectivity index (χ0) is 20.0. The third-order valence-electron chi connectivity index (χ3n) is 4.28. The van der Waals surface area contributed by atoms with Gasteiger partial charge >= 0.3 is 12.1 Å². The van der Waals surface area contributed by atoms with Gasteiger partial charge in [0.1, 0.15) is 17.8 Å². The zero-order valence-electron chi connectivity index (χ0n) is 15.2. The van der Waals surface area contributed by atoms with Crippen LogP contribution >= 0.6 is 0 Å². The quantitative estimate of drug-likeness (QED) is 0.874. The van der Waals surface area contributed by atoms with Gasteiger partial charge in [0.05, 0.1) is 6.54 Å². The van der Waals surface area contributed by atoms with Crippen LogP contribution in [-0.4, -0.2) is 45.2 Å². The number of furan rings is 1. The maximum atomic E-state index is 10.6. The first-order valence-corrected chi connectivity index (χ1v) is 8.60. The molecular weight excluding hydrogens is 363 g/mol. The molecule has 3 rings (SSSR count). The Kier molecular flexibility index (Phi) is 6.95. The highest BCUT2D eigenvalue weighted by atomic mass is 19.4. The van der Waals surface area contributed by atoms with Crippen molar-refractivity contribution in [3.63, 3.8) is 0 Å². The molecule has 6 nitrogen and oxygen atoms in total. The Labute approximate surface area is 155 Å². The zero-order valence-corrected chi connectivity index (χ0v) is 15.2. The molecule has 148 valence electrons. The average molecular weight is 385 g/mol. The SMILES string of the molecule is CCc1ccc(CN2CCc3ncnc(C)c3CC2)o1.O=C(O)C(F)(F)F. The summed E-state index contributed by atoms with van der Waals surface area (Å²) in [4.78, 5) is 20.1. The number of rotatable bonds is 3. The predicted molar refractivity (Wildman–Crippen MR) is 91.2 cm³/mol. The van der Waals surface area contributed by atoms with Crippen LogP contribution in [0.5, 0.6) is 0 Å². The van der Waals surface area contributed by atoms with E-state index in [0.717, 1.165) is 56.1 Å². The fraction of sp³-hybridized carbons (Fsp3) is 0.500. The van der Waals surface area contributed by atoms with E-state index < -0.39 is 12.1 Å². The van der Waals surface area contributed by atoms with Gasteiger partial charge in [-0.1, -0.05) is 6.92 Å². The number of carboxylic acids is 1. The summed E-state index contributed by atoms with van der Waals surface area (Å²) in [7, 11) is 0. The smallest absolute Gasteiger partial charge is 0.475 e. The Morgan fingerprint density at radius 1 is 1.22 bits per heavy atom. The number of fused-ring (bicyclic) bond motifs is 1. The van der Waals surface area contributed by atoms with Crippen molar-refractivity contribution in [2.75, 3.05) is 13.1 Å². The van der Waals surface area contributed by atoms with Crippen LogP contribution in [0.25, 0.3) is 0 Å². The Hall–Kier alpha value is -2.42. The number of aryl methyl sites for hydroxylation is 2. The molecule has 1 aliphatic heterocycles. The molecule has 0 saturated heterocycles. The second-order valence-corrected chi connectivity index (χ2v) is 6.18. The number of hydrogen-bond acceptors (Lipinski definition) is 5. The van der Waals surface area contributed by atoms with Gasteiger partial charge in [-0.25, -0.2) is 14.8 Å². The van der Waals surface area contributed by atoms with Crippen LogP contribution in [0.4, 0.5) is 13.2 Å². The van der Waals surface area contributed by atoms with Gasteiger partial charge in [-0.05, 0) is 31.0 Å². The maximum Gasteiger partial charge on any atom is 0.490 e. The number of halogens is 3. The molecule has 0 fully saturated rings. The summed E-state index contributed by atoms with van der Waals surface area (Å²) in [5.41, 5.74) is 3.68. The molecular formula is C18H22F3N3O3. The molecule has 1 N–H and O–H groups in total. The third-order valence-corrected chi connectivity index (χ3v) is 4.28. The molecule has 0 aromatic carbocycles. The van der Waals surface area contributed by atoms with E-state index in [9.17, 15) is 13.2 Å². The number of aliphatic carboxylic acids is 1. The molecule has 27 heavy (non-hydrogen) atoms. The first-order valence-electron chi connectivity index (χ1n) is 8.60. The van der Waals surface area contributed by atoms with Crippen LogP contribution in [0, 0.1) is 6.92 Å². The summed E-state index contributed by atoms with van der Waals surface area (Å²) in [6.45, 7) is 7.16. The highest BCUT2D eigenvalue weighted by Crippen LogP contribution is 2.18. The fourth-order valence-corrected chi connectivity index (χ4v) is 2.81. The van der Waals surface area contributed by atoms with E-state index in [0.29, 0.717) is 0 Å². The summed E-state index contributed by atoms with van der Waals surface area (Å²) < 4.78 is 37.5. The van der Waals surface area contributed by atoms with Crippen molar-refractivity contribution >= 4 is 5.97 Å². The second-order valence-electron chi connectivity index (χ2n) is 6.18. The molecule has 0 radical (unpaired) electrons. The highest BCUT2D eigenvalue weighted by molar-refractivity contribution is 5.73. The van der Waals surface area contributed by atoms with Crippen LogP contribution in [0.3, 0.4) is 0 Å². The summed E-state index contributed by atoms with van der Waals surface area (Å²) in [6, 6.07) is 4.18. The van der Waals surface area contributed by atoms with Crippen molar-refractivity contribution in [2.24, 2.45) is 0 Å². The predicted octanol–water partition coefficient (Wildman–Crippen LogP) is 3.17. The lowest BCUT2D eigenvalue weighted by Crippen LogP contribution is -2.25. The number of alkyl halides is 3. The standard InChI is InChI=1S/C16H21N3O.C2HF3O2/c1-3-13-4-5-14(20-13)10-19-8-6-15-12(2)17-11-18-16(15)7-9-19;3-2(4,5)1(6)7/h4-5,11H,3,6-10H2,1-2H3;(H,6,7). The van der Waals surface area contributed by atoms with E-state index >= 15 is 0 Å². The van der Waals surface area contributed by atoms with Crippen LogP contribution < -0.4 is 0 Å². The van der Waals surface area contributed by atoms with Gasteiger partial charge in [-0.3, -0.25) is 4.90 Å². The lowest BCUT2D eigenvalue weighted by atomic mass is 10.1. The Balaban J connectivity index is 0.000000321. The molecule has 0 saturated carbocycles. The van der Waals surface area contributed by atoms with Crippen LogP contribution in [0.15, 0.2) is 22.9 Å². The summed E-state index contributed by atoms with van der Waals surface area (Å²) in [5, 5.41) is 7.12. The van der Waals surface area contributed by atoms with Gasteiger partial charge in [0.15, 0.2) is 0 Å². The monoisotopic (exact) mass is 385 g/mol. The molecule has 0 atom stereocenters. The van der Waals surface area contributed by atoms with Crippen LogP contribution in [0.1, 0.15) is 35.4 Å². The van der Waals surface area contributed by atoms with E-state index in [1.54, 1.807) is 6.33 Å². The molecule has 0 amide bonds. The summed E-state index contributed by atoms with van der Waals surface area (Å²) >= 11 is 0. The molecule has 0 spiro atoms. The largest absolute Gasteiger partial charge is 0.490 e. The topological polar surface area (TPSA) is 79.5 Å². The van der Waals surface area contributed by atoms with E-state index in [2.05, 4.69) is 40.8 Å². The molecule has 0 unspecified atom stereocenters. The van der Waals surface area contributed by atoms with Gasteiger partial charge in [-0.2, -0.15) is 13.2 Å². The number of carboxylic acid groups (broad SMARTS) is 1. The first-order chi connectivity index (χ1) is 12.7. The second kappa shape index (κ2) is 8.98. The molecule has 1 aliphatic rings. The van der Waals surface area contributed by atoms with Gasteiger partial charge in [0, 0.05) is 37.3 Å². The Bertz CT molecular complexity index is 775. The van der Waals surface area contributed by atoms with Crippen molar-refractivity contribution in [3.05, 3.63) is 46.9 Å². The highest BCUT2D eigenvalue weighted by Gasteiger charge is 2.38. The van der Waals surface area contributed by atoms with Crippen molar-refractivity contribution < 1.29 is 27.5 Å². The van der Waals surface area contributed by atoms with E-state index in [-0.39, 0.29) is 0 Å². The van der Waals surface area contributed by atoms with Gasteiger partial charge < -0.3 is 9.52 Å². The Morgan fingerprint density at radius 3 is 2.44 bits per heavy atom. The van der Waals surface area contributed by atoms with E-state index in [1.807, 2.05) is 0 Å². The number of aromatic nitrogens is 2. The minimum absolute atomic E-state index is 0.889. The summed E-state index contributed by atoms with van der Waals surface area (Å²) in [5.74, 6) is -0.622. The minimum atomic E-state index is -5.08. The van der Waals surface area contributed by atoms with Gasteiger partial charge in [-0.15, -0.1) is 0 Å². The number of nitrogens with zero attached hydrogens (tertiary/aromatic N) is 3. The van der Waals surface area contributed by atoms with Gasteiger partial charge in [0.25, 0.3) is 0 Å². The lowest BCUT2D eigenvalue weighted by Gasteiger charge is -2.17. The first kappa shape index (κ1) is 20.9. The molecule has 2 aromatic rings. The van der Waals surface area contributed by atoms with Gasteiger partial charge in [0.2, 0.25) is 0 Å². The van der Waals surface area contributed by atoms with Crippen LogP contribution in [0.2, 0.25) is 0 Å². The number of hydrogen-bond donors (Lipinski definition) is 1. The van der Waals surface area contributed by atoms with Crippen molar-refractivity contribution in [3.8, 4) is 0 Å². The molecule has 3 heterocycles. The fourth-order valence-electron chi connectivity index (χ4n) is 2.81. The van der Waals surface area contributed by atoms with Crippen molar-refractivity contribution in [1.82, 2.24) is 14.9 Å². The van der Waals surface area contributed by atoms with Crippen LogP contribution in [-0.2, 0) is 30.6 Å². The molecule has 0 bridgehead atoms. The molecule has 0 aliphatic carbocycles. The van der Waals surface area contributed by atoms with Crippen molar-refractivity contribution in [2.45, 2.75) is 45.8 Å². The normalized spacial score (nSPS) is 14.7. The number of carbonyl (C=O) groups is 1. The lowest BCUT2D eigenvalue weighted by molar-refractivity contribution is -0.192. The maximum absolute atomic E-state index is 10.6. The molecule has 9 heteroatoms. The third kappa shape index (κ3) is 6.06. The van der Waals surface area contributed by atoms with Crippen molar-refractivity contribution in [1.29, 1.82) is 0 Å². The summed E-state index contributed by atoms with van der Waals surface area (Å²) in [6.07, 6.45) is -0.409. The van der Waals surface area contributed by atoms with E-state index in [4.69, 9.17) is 14.3 Å². The Morgan fingerprint density at radius 2 is 1.85 bits per heavy atom. The molecule has 2 aromatic heterocycles.